The fraction of sp³-hybridized carbons (Fsp3) is 0.458. The Morgan fingerprint density at radius 2 is 1.73 bits per heavy atom. The van der Waals surface area contributed by atoms with Gasteiger partial charge in [-0.2, -0.15) is 0 Å². The Bertz CT molecular complexity index is 1030. The maximum atomic E-state index is 12.6. The molecule has 0 saturated heterocycles. The van der Waals surface area contributed by atoms with Crippen LogP contribution in [0.3, 0.4) is 0 Å². The van der Waals surface area contributed by atoms with Gasteiger partial charge in [-0.1, -0.05) is 31.0 Å². The molecule has 7 nitrogen and oxygen atoms in total. The van der Waals surface area contributed by atoms with E-state index in [-0.39, 0.29) is 41.5 Å². The first-order chi connectivity index (χ1) is 15.5. The lowest BCUT2D eigenvalue weighted by molar-refractivity contribution is -0.124. The molecule has 1 aliphatic rings. The van der Waals surface area contributed by atoms with Crippen molar-refractivity contribution in [3.63, 3.8) is 0 Å². The summed E-state index contributed by atoms with van der Waals surface area (Å²) in [6.45, 7) is 7.96. The van der Waals surface area contributed by atoms with Gasteiger partial charge in [0.1, 0.15) is 0 Å². The molecule has 1 aromatic carbocycles. The minimum atomic E-state index is -2.77. The highest BCUT2D eigenvalue weighted by Crippen LogP contribution is 2.45. The van der Waals surface area contributed by atoms with Crippen molar-refractivity contribution in [2.24, 2.45) is 11.3 Å². The third-order valence-electron chi connectivity index (χ3n) is 6.27. The summed E-state index contributed by atoms with van der Waals surface area (Å²) >= 11 is 0. The van der Waals surface area contributed by atoms with Crippen molar-refractivity contribution in [3.05, 3.63) is 58.5 Å². The molecule has 1 saturated carbocycles. The average molecular weight is 462 g/mol. The molecule has 1 heterocycles. The van der Waals surface area contributed by atoms with Crippen molar-refractivity contribution in [2.45, 2.75) is 46.6 Å². The molecule has 9 heteroatoms. The van der Waals surface area contributed by atoms with Crippen molar-refractivity contribution in [1.82, 2.24) is 16.0 Å². The number of nitrogens with one attached hydrogen (secondary N) is 3. The third kappa shape index (κ3) is 5.77. The summed E-state index contributed by atoms with van der Waals surface area (Å²) in [4.78, 5) is 36.8. The summed E-state index contributed by atoms with van der Waals surface area (Å²) in [7, 11) is 0. The second-order valence-corrected chi connectivity index (χ2v) is 9.15. The molecule has 1 aliphatic carbocycles. The molecule has 1 aromatic heterocycles. The standard InChI is InChI=1S/C24H29F2N3O4/c1-13-7-14(2)9-15(8-13)22(31)28-12-20(30)29-19-10-16(24(19,3)4)11-27-23(32)18-6-5-17(33-18)21(25)26/h5-9,16,19,21H,10-12H2,1-4H3,(H,27,32)(H,28,31)(H,29,30). The summed E-state index contributed by atoms with van der Waals surface area (Å²) in [6, 6.07) is 7.70. The molecule has 178 valence electrons. The lowest BCUT2D eigenvalue weighted by atomic mass is 9.58. The van der Waals surface area contributed by atoms with Gasteiger partial charge in [-0.15, -0.1) is 0 Å². The molecule has 0 bridgehead atoms. The maximum absolute atomic E-state index is 12.6. The predicted molar refractivity (Wildman–Crippen MR) is 118 cm³/mol. The number of halogens is 2. The number of amides is 3. The van der Waals surface area contributed by atoms with E-state index in [1.165, 1.54) is 6.07 Å². The van der Waals surface area contributed by atoms with Gasteiger partial charge < -0.3 is 20.4 Å². The van der Waals surface area contributed by atoms with Crippen molar-refractivity contribution in [1.29, 1.82) is 0 Å². The highest BCUT2D eigenvalue weighted by atomic mass is 19.3. The minimum absolute atomic E-state index is 0.0844. The molecule has 0 radical (unpaired) electrons. The number of carbonyl (C=O) groups is 3. The zero-order valence-corrected chi connectivity index (χ0v) is 19.1. The molecule has 2 atom stereocenters. The first-order valence-corrected chi connectivity index (χ1v) is 10.8. The zero-order chi connectivity index (χ0) is 24.3. The molecule has 3 N–H and O–H groups in total. The molecule has 3 rings (SSSR count). The van der Waals surface area contributed by atoms with Crippen LogP contribution < -0.4 is 16.0 Å². The summed E-state index contributed by atoms with van der Waals surface area (Å²) in [6.07, 6.45) is -2.13. The van der Waals surface area contributed by atoms with E-state index in [1.807, 2.05) is 33.8 Å². The van der Waals surface area contributed by atoms with Gasteiger partial charge in [0.05, 0.1) is 6.54 Å². The summed E-state index contributed by atoms with van der Waals surface area (Å²) in [5.41, 5.74) is 2.16. The van der Waals surface area contributed by atoms with Crippen LogP contribution in [0.5, 0.6) is 0 Å². The van der Waals surface area contributed by atoms with Gasteiger partial charge in [0.2, 0.25) is 5.91 Å². The quantitative estimate of drug-likeness (QED) is 0.560. The molecular weight excluding hydrogens is 432 g/mol. The number of aryl methyl sites for hydroxylation is 2. The maximum Gasteiger partial charge on any atom is 0.295 e. The first kappa shape index (κ1) is 24.4. The van der Waals surface area contributed by atoms with Gasteiger partial charge in [-0.3, -0.25) is 14.4 Å². The largest absolute Gasteiger partial charge is 0.450 e. The number of carbonyl (C=O) groups excluding carboxylic acids is 3. The van der Waals surface area contributed by atoms with E-state index >= 15 is 0 Å². The number of furan rings is 1. The lowest BCUT2D eigenvalue weighted by Crippen LogP contribution is -2.61. The van der Waals surface area contributed by atoms with Crippen LogP contribution in [0, 0.1) is 25.2 Å². The SMILES string of the molecule is Cc1cc(C)cc(C(=O)NCC(=O)NC2CC(CNC(=O)c3ccc(C(F)F)o3)C2(C)C)c1. The van der Waals surface area contributed by atoms with E-state index in [0.717, 1.165) is 17.2 Å². The Balaban J connectivity index is 1.43. The Kier molecular flexibility index (Phi) is 7.19. The second-order valence-electron chi connectivity index (χ2n) is 9.15. The monoisotopic (exact) mass is 461 g/mol. The van der Waals surface area contributed by atoms with E-state index < -0.39 is 18.1 Å². The van der Waals surface area contributed by atoms with Crippen molar-refractivity contribution in [2.75, 3.05) is 13.1 Å². The Hall–Kier alpha value is -3.23. The Labute approximate surface area is 191 Å². The van der Waals surface area contributed by atoms with Crippen LogP contribution >= 0.6 is 0 Å². The highest BCUT2D eigenvalue weighted by molar-refractivity contribution is 5.96. The number of benzene rings is 1. The molecule has 2 unspecified atom stereocenters. The Morgan fingerprint density at radius 1 is 1.06 bits per heavy atom. The predicted octanol–water partition coefficient (Wildman–Crippen LogP) is 3.52. The fourth-order valence-corrected chi connectivity index (χ4v) is 4.12. The molecule has 0 aliphatic heterocycles. The average Bonchev–Trinajstić information content (AvgIpc) is 3.24. The van der Waals surface area contributed by atoms with Crippen molar-refractivity contribution >= 4 is 17.7 Å². The summed E-state index contributed by atoms with van der Waals surface area (Å²) in [5, 5.41) is 8.28. The minimum Gasteiger partial charge on any atom is -0.450 e. The van der Waals surface area contributed by atoms with Crippen LogP contribution in [0.2, 0.25) is 0 Å². The van der Waals surface area contributed by atoms with E-state index in [2.05, 4.69) is 16.0 Å². The first-order valence-electron chi connectivity index (χ1n) is 10.8. The summed E-state index contributed by atoms with van der Waals surface area (Å²) < 4.78 is 30.1. The van der Waals surface area contributed by atoms with Crippen LogP contribution in [0.15, 0.2) is 34.7 Å². The molecule has 3 amide bonds. The molecule has 0 spiro atoms. The van der Waals surface area contributed by atoms with Gasteiger partial charge in [0, 0.05) is 18.2 Å². The third-order valence-corrected chi connectivity index (χ3v) is 6.27. The van der Waals surface area contributed by atoms with Crippen LogP contribution in [0.25, 0.3) is 0 Å². The number of hydrogen-bond acceptors (Lipinski definition) is 4. The number of hydrogen-bond donors (Lipinski definition) is 3. The van der Waals surface area contributed by atoms with E-state index in [9.17, 15) is 23.2 Å². The van der Waals surface area contributed by atoms with E-state index in [4.69, 9.17) is 4.42 Å². The zero-order valence-electron chi connectivity index (χ0n) is 19.1. The highest BCUT2D eigenvalue weighted by Gasteiger charge is 2.48. The van der Waals surface area contributed by atoms with Crippen molar-refractivity contribution < 1.29 is 27.6 Å². The van der Waals surface area contributed by atoms with Crippen LogP contribution in [0.4, 0.5) is 8.78 Å². The smallest absolute Gasteiger partial charge is 0.295 e. The van der Waals surface area contributed by atoms with E-state index in [0.29, 0.717) is 18.5 Å². The van der Waals surface area contributed by atoms with Crippen LogP contribution in [-0.2, 0) is 4.79 Å². The second kappa shape index (κ2) is 9.72. The van der Waals surface area contributed by atoms with Gasteiger partial charge >= 0.3 is 0 Å². The normalized spacial score (nSPS) is 19.0. The van der Waals surface area contributed by atoms with Gasteiger partial charge in [0.15, 0.2) is 11.5 Å². The molecule has 33 heavy (non-hydrogen) atoms. The fourth-order valence-electron chi connectivity index (χ4n) is 4.12. The van der Waals surface area contributed by atoms with Crippen LogP contribution in [0.1, 0.15) is 64.5 Å². The van der Waals surface area contributed by atoms with Gasteiger partial charge in [0.25, 0.3) is 18.2 Å². The Morgan fingerprint density at radius 3 is 2.30 bits per heavy atom. The van der Waals surface area contributed by atoms with Gasteiger partial charge in [-0.25, -0.2) is 8.78 Å². The molecule has 1 fully saturated rings. The van der Waals surface area contributed by atoms with Crippen molar-refractivity contribution in [3.8, 4) is 0 Å². The molecular formula is C24H29F2N3O4. The van der Waals surface area contributed by atoms with Crippen LogP contribution in [-0.4, -0.2) is 36.9 Å². The number of rotatable bonds is 8. The van der Waals surface area contributed by atoms with Gasteiger partial charge in [-0.05, 0) is 55.9 Å². The number of alkyl halides is 2. The topological polar surface area (TPSA) is 100 Å². The lowest BCUT2D eigenvalue weighted by Gasteiger charge is -2.52. The van der Waals surface area contributed by atoms with E-state index in [1.54, 1.807) is 12.1 Å². The summed E-state index contributed by atoms with van der Waals surface area (Å²) in [5.74, 6) is -1.77. The molecule has 2 aromatic rings.